The maximum atomic E-state index is 15.4. The van der Waals surface area contributed by atoms with Crippen molar-refractivity contribution in [2.75, 3.05) is 23.0 Å². The summed E-state index contributed by atoms with van der Waals surface area (Å²) in [5.41, 5.74) is 2.68. The number of aromatic nitrogens is 1. The molecular weight excluding hydrogens is 650 g/mol. The number of Topliss-reactive ketones (excluding diaryl/α,β-unsaturated/α-hetero) is 1. The number of halogens is 3. The van der Waals surface area contributed by atoms with Crippen LogP contribution in [0.1, 0.15) is 98.7 Å². The third-order valence-corrected chi connectivity index (χ3v) is 11.9. The molecule has 248 valence electrons. The van der Waals surface area contributed by atoms with Crippen molar-refractivity contribution in [2.24, 2.45) is 5.92 Å². The Bertz CT molecular complexity index is 1650. The lowest BCUT2D eigenvalue weighted by atomic mass is 10.0. The average molecular weight is 692 g/mol. The standard InChI is InChI=1S/C35H41Cl2FN2O5S/c1-2-3-4-5-6-7-15-46(42,43)21-31(41)23-13-14-30(29(38)17-23)40-19-24-16-25(40)18-32(24)44-20-26-34(39-45-35(26)22-11-12-22)33-27(36)9-8-10-28(33)37/h8-10,13-14,17,22,24-25,32H,2-7,11-12,15-16,18-21H2,1H3/t24-,25-,32+/m0/s1. The van der Waals surface area contributed by atoms with Gasteiger partial charge in [0.15, 0.2) is 15.6 Å². The van der Waals surface area contributed by atoms with Crippen LogP contribution in [0.25, 0.3) is 11.3 Å². The van der Waals surface area contributed by atoms with Crippen LogP contribution in [-0.4, -0.2) is 49.6 Å². The average Bonchev–Trinajstić information content (AvgIpc) is 3.47. The van der Waals surface area contributed by atoms with Crippen LogP contribution in [0.5, 0.6) is 0 Å². The number of piperidine rings is 1. The van der Waals surface area contributed by atoms with Gasteiger partial charge in [0, 0.05) is 41.1 Å². The van der Waals surface area contributed by atoms with Gasteiger partial charge in [-0.15, -0.1) is 0 Å². The fourth-order valence-corrected chi connectivity index (χ4v) is 8.95. The number of unbranched alkanes of at least 4 members (excludes halogenated alkanes) is 5. The third-order valence-electron chi connectivity index (χ3n) is 9.62. The smallest absolute Gasteiger partial charge is 0.177 e. The number of benzene rings is 2. The molecule has 3 fully saturated rings. The Hall–Kier alpha value is -2.46. The summed E-state index contributed by atoms with van der Waals surface area (Å²) in [6, 6.07) is 9.81. The number of carbonyl (C=O) groups is 1. The number of carbonyl (C=O) groups excluding carboxylic acids is 1. The fraction of sp³-hybridized carbons (Fsp3) is 0.543. The summed E-state index contributed by atoms with van der Waals surface area (Å²) in [4.78, 5) is 14.8. The number of hydrogen-bond acceptors (Lipinski definition) is 7. The van der Waals surface area contributed by atoms with Gasteiger partial charge in [0.25, 0.3) is 0 Å². The minimum Gasteiger partial charge on any atom is -0.373 e. The second-order valence-corrected chi connectivity index (χ2v) is 16.1. The van der Waals surface area contributed by atoms with Crippen molar-refractivity contribution in [1.82, 2.24) is 5.16 Å². The molecule has 11 heteroatoms. The molecule has 0 N–H and O–H groups in total. The molecule has 0 spiro atoms. The maximum Gasteiger partial charge on any atom is 0.177 e. The van der Waals surface area contributed by atoms with Crippen molar-refractivity contribution in [3.8, 4) is 11.3 Å². The lowest BCUT2D eigenvalue weighted by molar-refractivity contribution is 0.0122. The van der Waals surface area contributed by atoms with Crippen LogP contribution >= 0.6 is 23.2 Å². The van der Waals surface area contributed by atoms with Crippen molar-refractivity contribution in [3.05, 3.63) is 69.1 Å². The van der Waals surface area contributed by atoms with E-state index in [0.717, 1.165) is 69.1 Å². The van der Waals surface area contributed by atoms with Crippen LogP contribution in [0.2, 0.25) is 10.0 Å². The highest BCUT2D eigenvalue weighted by Gasteiger charge is 2.46. The van der Waals surface area contributed by atoms with E-state index in [9.17, 15) is 13.2 Å². The van der Waals surface area contributed by atoms with Crippen molar-refractivity contribution < 1.29 is 26.9 Å². The Labute approximate surface area is 280 Å². The lowest BCUT2D eigenvalue weighted by Crippen LogP contribution is -2.39. The predicted octanol–water partition coefficient (Wildman–Crippen LogP) is 8.81. The minimum absolute atomic E-state index is 0.00136. The number of anilines is 1. The Morgan fingerprint density at radius 3 is 2.48 bits per heavy atom. The summed E-state index contributed by atoms with van der Waals surface area (Å²) < 4.78 is 52.7. The molecule has 1 aliphatic heterocycles. The van der Waals surface area contributed by atoms with Gasteiger partial charge < -0.3 is 14.2 Å². The molecule has 1 saturated heterocycles. The molecule has 46 heavy (non-hydrogen) atoms. The molecule has 2 aliphatic carbocycles. The summed E-state index contributed by atoms with van der Waals surface area (Å²) in [7, 11) is -3.54. The first-order valence-electron chi connectivity index (χ1n) is 16.5. The van der Waals surface area contributed by atoms with Crippen molar-refractivity contribution in [1.29, 1.82) is 0 Å². The lowest BCUT2D eigenvalue weighted by Gasteiger charge is -2.33. The highest BCUT2D eigenvalue weighted by molar-refractivity contribution is 7.92. The summed E-state index contributed by atoms with van der Waals surface area (Å²) in [6.07, 6.45) is 9.47. The van der Waals surface area contributed by atoms with E-state index in [1.54, 1.807) is 30.3 Å². The number of ketones is 1. The molecule has 2 bridgehead atoms. The Morgan fingerprint density at radius 1 is 1.07 bits per heavy atom. The number of nitrogens with zero attached hydrogens (tertiary/aromatic N) is 2. The number of fused-ring (bicyclic) bond motifs is 2. The first kappa shape index (κ1) is 33.4. The minimum atomic E-state index is -3.54. The van der Waals surface area contributed by atoms with Crippen LogP contribution in [0, 0.1) is 11.7 Å². The Kier molecular flexibility index (Phi) is 10.4. The van der Waals surface area contributed by atoms with Gasteiger partial charge in [0.2, 0.25) is 0 Å². The van der Waals surface area contributed by atoms with Gasteiger partial charge in [0.05, 0.1) is 34.2 Å². The molecule has 0 radical (unpaired) electrons. The Balaban J connectivity index is 1.05. The van der Waals surface area contributed by atoms with E-state index in [0.29, 0.717) is 52.5 Å². The molecular formula is C35H41Cl2FN2O5S. The zero-order valence-corrected chi connectivity index (χ0v) is 28.5. The topological polar surface area (TPSA) is 89.7 Å². The first-order chi connectivity index (χ1) is 22.1. The second kappa shape index (κ2) is 14.3. The van der Waals surface area contributed by atoms with Crippen molar-refractivity contribution >= 4 is 44.5 Å². The molecule has 3 aliphatic rings. The van der Waals surface area contributed by atoms with E-state index in [2.05, 4.69) is 12.1 Å². The van der Waals surface area contributed by atoms with Gasteiger partial charge in [-0.1, -0.05) is 73.5 Å². The van der Waals surface area contributed by atoms with Gasteiger partial charge in [0.1, 0.15) is 23.0 Å². The molecule has 2 heterocycles. The van der Waals surface area contributed by atoms with Crippen LogP contribution in [0.3, 0.4) is 0 Å². The van der Waals surface area contributed by atoms with Crippen LogP contribution in [0.4, 0.5) is 10.1 Å². The normalized spacial score (nSPS) is 21.0. The molecule has 1 aromatic heterocycles. The van der Waals surface area contributed by atoms with Gasteiger partial charge in [-0.2, -0.15) is 0 Å². The maximum absolute atomic E-state index is 15.4. The highest BCUT2D eigenvalue weighted by Crippen LogP contribution is 2.47. The van der Waals surface area contributed by atoms with E-state index in [1.165, 1.54) is 6.07 Å². The van der Waals surface area contributed by atoms with Crippen LogP contribution in [-0.2, 0) is 21.2 Å². The van der Waals surface area contributed by atoms with E-state index in [1.807, 2.05) is 4.90 Å². The van der Waals surface area contributed by atoms with Gasteiger partial charge >= 0.3 is 0 Å². The number of hydrogen-bond donors (Lipinski definition) is 0. The highest BCUT2D eigenvalue weighted by atomic mass is 35.5. The fourth-order valence-electron chi connectivity index (χ4n) is 7.01. The van der Waals surface area contributed by atoms with Crippen LogP contribution < -0.4 is 4.90 Å². The largest absolute Gasteiger partial charge is 0.373 e. The van der Waals surface area contributed by atoms with Gasteiger partial charge in [-0.25, -0.2) is 12.8 Å². The molecule has 6 rings (SSSR count). The van der Waals surface area contributed by atoms with E-state index >= 15 is 4.39 Å². The van der Waals surface area contributed by atoms with Crippen molar-refractivity contribution in [3.63, 3.8) is 0 Å². The zero-order valence-electron chi connectivity index (χ0n) is 26.2. The quantitative estimate of drug-likeness (QED) is 0.110. The van der Waals surface area contributed by atoms with E-state index in [4.69, 9.17) is 32.5 Å². The molecule has 7 nitrogen and oxygen atoms in total. The molecule has 2 saturated carbocycles. The molecule has 0 unspecified atom stereocenters. The van der Waals surface area contributed by atoms with Gasteiger partial charge in [-0.3, -0.25) is 4.79 Å². The second-order valence-electron chi connectivity index (χ2n) is 13.1. The van der Waals surface area contributed by atoms with Gasteiger partial charge in [-0.05, 0) is 62.4 Å². The van der Waals surface area contributed by atoms with Crippen molar-refractivity contribution in [2.45, 2.75) is 95.8 Å². The number of rotatable bonds is 16. The predicted molar refractivity (Wildman–Crippen MR) is 179 cm³/mol. The number of sulfone groups is 1. The summed E-state index contributed by atoms with van der Waals surface area (Å²) in [5, 5.41) is 5.37. The molecule has 3 aromatic rings. The third kappa shape index (κ3) is 7.48. The summed E-state index contributed by atoms with van der Waals surface area (Å²) in [6.45, 7) is 3.09. The molecule has 3 atom stereocenters. The molecule has 2 aromatic carbocycles. The Morgan fingerprint density at radius 2 is 1.80 bits per heavy atom. The number of ether oxygens (including phenoxy) is 1. The summed E-state index contributed by atoms with van der Waals surface area (Å²) in [5.74, 6) is -0.298. The zero-order chi connectivity index (χ0) is 32.4. The monoisotopic (exact) mass is 690 g/mol. The molecule has 0 amide bonds. The SMILES string of the molecule is CCCCCCCCS(=O)(=O)CC(=O)c1ccc(N2C[C@@H]3C[C@H]2C[C@H]3OCc2c(-c3c(Cl)cccc3Cl)noc2C2CC2)c(F)c1. The van der Waals surface area contributed by atoms with E-state index in [-0.39, 0.29) is 29.4 Å². The first-order valence-corrected chi connectivity index (χ1v) is 19.1. The summed E-state index contributed by atoms with van der Waals surface area (Å²) >= 11 is 13.0. The van der Waals surface area contributed by atoms with Crippen LogP contribution in [0.15, 0.2) is 40.9 Å². The van der Waals surface area contributed by atoms with E-state index < -0.39 is 27.2 Å².